The van der Waals surface area contributed by atoms with Crippen molar-refractivity contribution in [2.24, 2.45) is 11.7 Å². The van der Waals surface area contributed by atoms with Crippen molar-refractivity contribution in [2.75, 3.05) is 17.2 Å². The molecule has 5 rings (SSSR count). The van der Waals surface area contributed by atoms with Gasteiger partial charge in [0.1, 0.15) is 11.3 Å². The van der Waals surface area contributed by atoms with Crippen LogP contribution in [0.15, 0.2) is 24.4 Å². The third kappa shape index (κ3) is 4.78. The second-order valence-electron chi connectivity index (χ2n) is 9.97. The molecule has 0 radical (unpaired) electrons. The highest BCUT2D eigenvalue weighted by Gasteiger charge is 2.34. The third-order valence-electron chi connectivity index (χ3n) is 7.36. The highest BCUT2D eigenvalue weighted by molar-refractivity contribution is 5.77. The number of hydrogen-bond donors (Lipinski definition) is 3. The molecule has 2 aliphatic rings. The average Bonchev–Trinajstić information content (AvgIpc) is 3.16. The number of hydrogen-bond acceptors (Lipinski definition) is 6. The molecular weight excluding hydrogens is 462 g/mol. The van der Waals surface area contributed by atoms with Gasteiger partial charge in [-0.1, -0.05) is 0 Å². The summed E-state index contributed by atoms with van der Waals surface area (Å²) in [7, 11) is 0. The van der Waals surface area contributed by atoms with Crippen LogP contribution in [0.4, 0.5) is 35.1 Å². The van der Waals surface area contributed by atoms with Crippen molar-refractivity contribution in [1.29, 1.82) is 0 Å². The van der Waals surface area contributed by atoms with E-state index in [0.717, 1.165) is 63.1 Å². The normalized spacial score (nSPS) is 22.1. The van der Waals surface area contributed by atoms with Crippen LogP contribution in [-0.4, -0.2) is 31.6 Å². The summed E-state index contributed by atoms with van der Waals surface area (Å²) in [5.74, 6) is 0.364. The monoisotopic (exact) mass is 491 g/mol. The smallest absolute Gasteiger partial charge is 0.349 e. The zero-order chi connectivity index (χ0) is 24.8. The molecule has 0 saturated heterocycles. The number of halogens is 4. The molecule has 2 aromatic heterocycles. The highest BCUT2D eigenvalue weighted by atomic mass is 19.4. The third-order valence-corrected chi connectivity index (χ3v) is 7.36. The predicted molar refractivity (Wildman–Crippen MR) is 126 cm³/mol. The number of nitrogens with zero attached hydrogens (tertiary/aromatic N) is 4. The topological polar surface area (TPSA) is 93.7 Å². The minimum Gasteiger partial charge on any atom is -0.349 e. The summed E-state index contributed by atoms with van der Waals surface area (Å²) in [4.78, 5) is 13.7. The van der Waals surface area contributed by atoms with Crippen molar-refractivity contribution in [3.8, 4) is 0 Å². The number of aromatic nitrogens is 4. The molecule has 4 N–H and O–H groups in total. The van der Waals surface area contributed by atoms with Crippen LogP contribution in [0.5, 0.6) is 0 Å². The standard InChI is InChI=1S/C24H29F4N7/c1-23(9-2-10-23)34-21-30-13-19-20(33-21)35(16-6-3-14(12-29)4-7-16)22(32-19)31-18-11-15(24(26,27)28)5-8-17(18)25/h5,8,11,13-14,16H,2-4,6-7,9-10,12,29H2,1H3,(H,31,32)(H,30,33,34)/t14-,16+. The fourth-order valence-electron chi connectivity index (χ4n) is 5.04. The van der Waals surface area contributed by atoms with E-state index in [1.165, 1.54) is 0 Å². The molecule has 0 aliphatic heterocycles. The van der Waals surface area contributed by atoms with E-state index in [-0.39, 0.29) is 23.2 Å². The van der Waals surface area contributed by atoms with Gasteiger partial charge in [0.2, 0.25) is 11.9 Å². The molecule has 0 bridgehead atoms. The minimum absolute atomic E-state index is 0.00111. The SMILES string of the molecule is CC1(Nc2ncc3nc(Nc4cc(C(F)(F)F)ccc4F)n([C@H]4CC[C@@H](CN)CC4)c3n2)CCC1. The Morgan fingerprint density at radius 2 is 1.89 bits per heavy atom. The van der Waals surface area contributed by atoms with Gasteiger partial charge in [-0.05, 0) is 82.5 Å². The van der Waals surface area contributed by atoms with Gasteiger partial charge in [-0.2, -0.15) is 18.2 Å². The molecular formula is C24H29F4N7. The summed E-state index contributed by atoms with van der Waals surface area (Å²) in [5, 5.41) is 6.22. The molecule has 3 aromatic rings. The van der Waals surface area contributed by atoms with Gasteiger partial charge in [-0.3, -0.25) is 4.57 Å². The van der Waals surface area contributed by atoms with E-state index in [2.05, 4.69) is 27.5 Å². The summed E-state index contributed by atoms with van der Waals surface area (Å²) in [6.07, 6.45) is 3.69. The first-order chi connectivity index (χ1) is 16.6. The second kappa shape index (κ2) is 8.92. The Hall–Kier alpha value is -2.95. The van der Waals surface area contributed by atoms with Gasteiger partial charge < -0.3 is 16.4 Å². The Morgan fingerprint density at radius 1 is 1.14 bits per heavy atom. The molecule has 188 valence electrons. The van der Waals surface area contributed by atoms with Gasteiger partial charge in [-0.25, -0.2) is 14.4 Å². The maximum atomic E-state index is 14.5. The lowest BCUT2D eigenvalue weighted by atomic mass is 9.79. The molecule has 2 aliphatic carbocycles. The first-order valence-electron chi connectivity index (χ1n) is 12.0. The van der Waals surface area contributed by atoms with Crippen molar-refractivity contribution in [3.63, 3.8) is 0 Å². The summed E-state index contributed by atoms with van der Waals surface area (Å²) in [6, 6.07) is 2.30. The molecule has 0 atom stereocenters. The highest BCUT2D eigenvalue weighted by Crippen LogP contribution is 2.39. The summed E-state index contributed by atoms with van der Waals surface area (Å²) in [6.45, 7) is 2.74. The Labute approximate surface area is 200 Å². The lowest BCUT2D eigenvalue weighted by molar-refractivity contribution is -0.137. The van der Waals surface area contributed by atoms with E-state index in [1.807, 2.05) is 4.57 Å². The largest absolute Gasteiger partial charge is 0.416 e. The van der Waals surface area contributed by atoms with Crippen LogP contribution < -0.4 is 16.4 Å². The van der Waals surface area contributed by atoms with Crippen LogP contribution in [0.2, 0.25) is 0 Å². The van der Waals surface area contributed by atoms with Crippen molar-refractivity contribution < 1.29 is 17.6 Å². The van der Waals surface area contributed by atoms with Crippen LogP contribution in [0.1, 0.15) is 63.5 Å². The van der Waals surface area contributed by atoms with Crippen LogP contribution in [0.3, 0.4) is 0 Å². The van der Waals surface area contributed by atoms with Crippen molar-refractivity contribution in [1.82, 2.24) is 19.5 Å². The lowest BCUT2D eigenvalue weighted by Gasteiger charge is -2.39. The Bertz CT molecular complexity index is 1210. The minimum atomic E-state index is -4.59. The van der Waals surface area contributed by atoms with Crippen LogP contribution in [0.25, 0.3) is 11.2 Å². The number of benzene rings is 1. The fraction of sp³-hybridized carbons (Fsp3) is 0.542. The van der Waals surface area contributed by atoms with E-state index in [9.17, 15) is 17.6 Å². The summed E-state index contributed by atoms with van der Waals surface area (Å²) >= 11 is 0. The second-order valence-corrected chi connectivity index (χ2v) is 9.97. The van der Waals surface area contributed by atoms with Crippen LogP contribution in [-0.2, 0) is 6.18 Å². The molecule has 2 fully saturated rings. The number of nitrogens with one attached hydrogen (secondary N) is 2. The Balaban J connectivity index is 1.55. The molecule has 0 amide bonds. The van der Waals surface area contributed by atoms with Gasteiger partial charge in [0.05, 0.1) is 17.4 Å². The maximum Gasteiger partial charge on any atom is 0.416 e. The average molecular weight is 492 g/mol. The number of nitrogens with two attached hydrogens (primary N) is 1. The first-order valence-corrected chi connectivity index (χ1v) is 12.0. The summed E-state index contributed by atoms with van der Waals surface area (Å²) < 4.78 is 56.2. The van der Waals surface area contributed by atoms with Gasteiger partial charge in [0, 0.05) is 11.6 Å². The van der Waals surface area contributed by atoms with Crippen LogP contribution in [0, 0.1) is 11.7 Å². The first kappa shape index (κ1) is 23.8. The zero-order valence-corrected chi connectivity index (χ0v) is 19.5. The van der Waals surface area contributed by atoms with Gasteiger partial charge in [0.15, 0.2) is 5.65 Å². The predicted octanol–water partition coefficient (Wildman–Crippen LogP) is 5.77. The van der Waals surface area contributed by atoms with Crippen molar-refractivity contribution in [3.05, 3.63) is 35.8 Å². The van der Waals surface area contributed by atoms with Crippen molar-refractivity contribution in [2.45, 2.75) is 69.6 Å². The molecule has 2 saturated carbocycles. The Kier molecular flexibility index (Phi) is 6.06. The number of alkyl halides is 3. The van der Waals surface area contributed by atoms with Crippen molar-refractivity contribution >= 4 is 28.7 Å². The molecule has 11 heteroatoms. The Morgan fingerprint density at radius 3 is 2.51 bits per heavy atom. The van der Waals surface area contributed by atoms with E-state index in [4.69, 9.17) is 10.7 Å². The van der Waals surface area contributed by atoms with E-state index >= 15 is 0 Å². The lowest BCUT2D eigenvalue weighted by Crippen LogP contribution is -2.42. The van der Waals surface area contributed by atoms with Gasteiger partial charge in [0.25, 0.3) is 0 Å². The molecule has 2 heterocycles. The number of imidazole rings is 1. The summed E-state index contributed by atoms with van der Waals surface area (Å²) in [5.41, 5.74) is 5.63. The van der Waals surface area contributed by atoms with Crippen LogP contribution >= 0.6 is 0 Å². The number of anilines is 3. The molecule has 1 aromatic carbocycles. The molecule has 35 heavy (non-hydrogen) atoms. The fourth-order valence-corrected chi connectivity index (χ4v) is 5.04. The van der Waals surface area contributed by atoms with Gasteiger partial charge >= 0.3 is 6.18 Å². The molecule has 0 spiro atoms. The van der Waals surface area contributed by atoms with E-state index in [0.29, 0.717) is 29.6 Å². The van der Waals surface area contributed by atoms with E-state index < -0.39 is 17.6 Å². The maximum absolute atomic E-state index is 14.5. The van der Waals surface area contributed by atoms with E-state index in [1.54, 1.807) is 6.20 Å². The molecule has 7 nitrogen and oxygen atoms in total. The zero-order valence-electron chi connectivity index (χ0n) is 19.5. The number of rotatable bonds is 6. The number of fused-ring (bicyclic) bond motifs is 1. The quantitative estimate of drug-likeness (QED) is 0.379. The molecule has 0 unspecified atom stereocenters. The van der Waals surface area contributed by atoms with Gasteiger partial charge in [-0.15, -0.1) is 0 Å².